The summed E-state index contributed by atoms with van der Waals surface area (Å²) in [6.45, 7) is 2.14. The second-order valence-corrected chi connectivity index (χ2v) is 6.36. The molecule has 2 rings (SSSR count). The third-order valence-electron chi connectivity index (χ3n) is 3.69. The minimum Gasteiger partial charge on any atom is -0.254 e. The van der Waals surface area contributed by atoms with Crippen molar-refractivity contribution in [3.05, 3.63) is 30.1 Å². The van der Waals surface area contributed by atoms with Crippen LogP contribution in [-0.4, -0.2) is 9.46 Å². The highest BCUT2D eigenvalue weighted by atomic mass is 32.2. The van der Waals surface area contributed by atoms with Crippen molar-refractivity contribution in [3.63, 3.8) is 0 Å². The Hall–Kier alpha value is -0.700. The van der Waals surface area contributed by atoms with Gasteiger partial charge in [0.15, 0.2) is 0 Å². The Morgan fingerprint density at radius 1 is 1.29 bits per heavy atom. The lowest BCUT2D eigenvalue weighted by atomic mass is 9.87. The average Bonchev–Trinajstić information content (AvgIpc) is 2.38. The lowest BCUT2D eigenvalue weighted by Gasteiger charge is -2.30. The predicted octanol–water partition coefficient (Wildman–Crippen LogP) is 3.90. The summed E-state index contributed by atoms with van der Waals surface area (Å²) in [7, 11) is -1.19. The zero-order valence-electron chi connectivity index (χ0n) is 10.2. The van der Waals surface area contributed by atoms with E-state index < -0.39 is 10.8 Å². The van der Waals surface area contributed by atoms with Gasteiger partial charge < -0.3 is 0 Å². The molecule has 3 unspecified atom stereocenters. The van der Waals surface area contributed by atoms with Crippen LogP contribution in [0.1, 0.15) is 39.0 Å². The Morgan fingerprint density at radius 2 is 2.00 bits per heavy atom. The Balaban J connectivity index is 2.21. The average molecular weight is 254 g/mol. The number of hydrogen-bond donors (Lipinski definition) is 0. The second-order valence-electron chi connectivity index (χ2n) is 4.72. The van der Waals surface area contributed by atoms with E-state index in [0.717, 1.165) is 25.7 Å². The van der Waals surface area contributed by atoms with Gasteiger partial charge in [0.2, 0.25) is 0 Å². The summed E-state index contributed by atoms with van der Waals surface area (Å²) in [5, 5.41) is 0.144. The van der Waals surface area contributed by atoms with E-state index >= 15 is 0 Å². The number of hydrogen-bond acceptors (Lipinski definition) is 1. The van der Waals surface area contributed by atoms with E-state index in [4.69, 9.17) is 0 Å². The predicted molar refractivity (Wildman–Crippen MR) is 68.8 cm³/mol. The number of benzene rings is 1. The summed E-state index contributed by atoms with van der Waals surface area (Å²) in [6.07, 6.45) is 5.51. The molecule has 1 fully saturated rings. The molecule has 1 saturated carbocycles. The molecule has 0 bridgehead atoms. The van der Waals surface area contributed by atoms with Crippen LogP contribution in [0.25, 0.3) is 0 Å². The highest BCUT2D eigenvalue weighted by Gasteiger charge is 2.30. The number of rotatable bonds is 3. The van der Waals surface area contributed by atoms with Crippen molar-refractivity contribution in [3.8, 4) is 0 Å². The highest BCUT2D eigenvalue weighted by Crippen LogP contribution is 2.33. The summed E-state index contributed by atoms with van der Waals surface area (Å²) in [5.41, 5.74) is 0. The van der Waals surface area contributed by atoms with E-state index in [9.17, 15) is 8.60 Å². The summed E-state index contributed by atoms with van der Waals surface area (Å²) in [6, 6.07) is 6.47. The van der Waals surface area contributed by atoms with Gasteiger partial charge in [0, 0.05) is 5.25 Å². The van der Waals surface area contributed by atoms with Gasteiger partial charge in [0.1, 0.15) is 5.82 Å². The van der Waals surface area contributed by atoms with Crippen molar-refractivity contribution in [2.24, 2.45) is 5.92 Å². The minimum atomic E-state index is -1.19. The fourth-order valence-corrected chi connectivity index (χ4v) is 4.55. The Bertz CT molecular complexity index is 405. The summed E-state index contributed by atoms with van der Waals surface area (Å²) in [5.74, 6) is 0.162. The van der Waals surface area contributed by atoms with Crippen LogP contribution >= 0.6 is 0 Å². The fourth-order valence-electron chi connectivity index (χ4n) is 2.69. The molecule has 0 amide bonds. The quantitative estimate of drug-likeness (QED) is 0.799. The molecule has 0 N–H and O–H groups in total. The first-order valence-corrected chi connectivity index (χ1v) is 7.60. The third-order valence-corrected chi connectivity index (χ3v) is 5.63. The molecule has 1 nitrogen and oxygen atoms in total. The van der Waals surface area contributed by atoms with Crippen LogP contribution in [0.4, 0.5) is 4.39 Å². The molecule has 1 aromatic rings. The van der Waals surface area contributed by atoms with Gasteiger partial charge in [0.05, 0.1) is 15.7 Å². The second kappa shape index (κ2) is 5.76. The Morgan fingerprint density at radius 3 is 2.71 bits per heavy atom. The SMILES string of the molecule is CCC1CCCCC1S(=O)c1ccccc1F. The molecular weight excluding hydrogens is 235 g/mol. The topological polar surface area (TPSA) is 17.1 Å². The molecule has 17 heavy (non-hydrogen) atoms. The van der Waals surface area contributed by atoms with Crippen molar-refractivity contribution in [2.45, 2.75) is 49.2 Å². The Kier molecular flexibility index (Phi) is 4.32. The van der Waals surface area contributed by atoms with Crippen LogP contribution in [0, 0.1) is 11.7 Å². The van der Waals surface area contributed by atoms with Gasteiger partial charge in [-0.1, -0.05) is 38.3 Å². The highest BCUT2D eigenvalue weighted by molar-refractivity contribution is 7.85. The first-order chi connectivity index (χ1) is 8.24. The van der Waals surface area contributed by atoms with Crippen molar-refractivity contribution in [2.75, 3.05) is 0 Å². The maximum absolute atomic E-state index is 13.6. The summed E-state index contributed by atoms with van der Waals surface area (Å²) in [4.78, 5) is 0.387. The minimum absolute atomic E-state index is 0.144. The lowest BCUT2D eigenvalue weighted by molar-refractivity contribution is 0.355. The van der Waals surface area contributed by atoms with Crippen molar-refractivity contribution in [1.82, 2.24) is 0 Å². The van der Waals surface area contributed by atoms with Crippen molar-refractivity contribution in [1.29, 1.82) is 0 Å². The molecule has 3 heteroatoms. The van der Waals surface area contributed by atoms with Gasteiger partial charge in [-0.2, -0.15) is 0 Å². The largest absolute Gasteiger partial charge is 0.254 e. The van der Waals surface area contributed by atoms with E-state index in [-0.39, 0.29) is 11.1 Å². The summed E-state index contributed by atoms with van der Waals surface area (Å²) >= 11 is 0. The van der Waals surface area contributed by atoms with Gasteiger partial charge in [-0.25, -0.2) is 4.39 Å². The molecule has 0 heterocycles. The van der Waals surface area contributed by atoms with Gasteiger partial charge >= 0.3 is 0 Å². The number of halogens is 1. The Labute approximate surface area is 105 Å². The normalized spacial score (nSPS) is 26.7. The van der Waals surface area contributed by atoms with Crippen molar-refractivity contribution < 1.29 is 8.60 Å². The van der Waals surface area contributed by atoms with E-state index in [0.29, 0.717) is 10.8 Å². The van der Waals surface area contributed by atoms with Crippen LogP contribution in [0.5, 0.6) is 0 Å². The maximum atomic E-state index is 13.6. The molecule has 0 aromatic heterocycles. The molecule has 0 spiro atoms. The van der Waals surface area contributed by atoms with Crippen LogP contribution in [0.15, 0.2) is 29.2 Å². The zero-order valence-corrected chi connectivity index (χ0v) is 11.0. The molecule has 0 saturated heterocycles. The molecular formula is C14H19FOS. The van der Waals surface area contributed by atoms with Crippen molar-refractivity contribution >= 4 is 10.8 Å². The molecule has 3 atom stereocenters. The van der Waals surface area contributed by atoms with Gasteiger partial charge in [-0.15, -0.1) is 0 Å². The fraction of sp³-hybridized carbons (Fsp3) is 0.571. The van der Waals surface area contributed by atoms with E-state index in [2.05, 4.69) is 6.92 Å². The van der Waals surface area contributed by atoms with Crippen LogP contribution in [0.2, 0.25) is 0 Å². The first-order valence-electron chi connectivity index (χ1n) is 6.39. The molecule has 94 valence electrons. The molecule has 1 aliphatic rings. The third kappa shape index (κ3) is 2.76. The monoisotopic (exact) mass is 254 g/mol. The zero-order chi connectivity index (χ0) is 12.3. The van der Waals surface area contributed by atoms with Crippen LogP contribution in [-0.2, 0) is 10.8 Å². The van der Waals surface area contributed by atoms with Gasteiger partial charge in [-0.3, -0.25) is 4.21 Å². The van der Waals surface area contributed by atoms with E-state index in [1.807, 2.05) is 0 Å². The van der Waals surface area contributed by atoms with E-state index in [1.54, 1.807) is 18.2 Å². The van der Waals surface area contributed by atoms with E-state index in [1.165, 1.54) is 12.5 Å². The first kappa shape index (κ1) is 12.7. The van der Waals surface area contributed by atoms with Crippen LogP contribution < -0.4 is 0 Å². The smallest absolute Gasteiger partial charge is 0.139 e. The lowest BCUT2D eigenvalue weighted by Crippen LogP contribution is -2.29. The molecule has 0 aliphatic heterocycles. The van der Waals surface area contributed by atoms with Gasteiger partial charge in [-0.05, 0) is 30.9 Å². The molecule has 1 aromatic carbocycles. The standard InChI is InChI=1S/C14H19FOS/c1-2-11-7-3-5-9-13(11)17(16)14-10-6-4-8-12(14)15/h4,6,8,10-11,13H,2-3,5,7,9H2,1H3. The van der Waals surface area contributed by atoms with Gasteiger partial charge in [0.25, 0.3) is 0 Å². The molecule has 1 aliphatic carbocycles. The maximum Gasteiger partial charge on any atom is 0.139 e. The summed E-state index contributed by atoms with van der Waals surface area (Å²) < 4.78 is 26.1. The molecule has 0 radical (unpaired) electrons. The van der Waals surface area contributed by atoms with Crippen LogP contribution in [0.3, 0.4) is 0 Å².